The summed E-state index contributed by atoms with van der Waals surface area (Å²) in [6.07, 6.45) is 5.10. The summed E-state index contributed by atoms with van der Waals surface area (Å²) < 4.78 is 2.05. The summed E-state index contributed by atoms with van der Waals surface area (Å²) in [5.41, 5.74) is 1.47. The number of benzene rings is 2. The van der Waals surface area contributed by atoms with E-state index in [1.54, 1.807) is 12.3 Å². The fraction of sp³-hybridized carbons (Fsp3) is 0.150. The van der Waals surface area contributed by atoms with Gasteiger partial charge in [-0.1, -0.05) is 36.4 Å². The molecule has 0 radical (unpaired) electrons. The van der Waals surface area contributed by atoms with Crippen LogP contribution in [0.3, 0.4) is 0 Å². The first-order chi connectivity index (χ1) is 12.6. The summed E-state index contributed by atoms with van der Waals surface area (Å²) in [5.74, 6) is -1.58. The van der Waals surface area contributed by atoms with Crippen molar-refractivity contribution in [2.45, 2.75) is 19.4 Å². The van der Waals surface area contributed by atoms with E-state index in [-0.39, 0.29) is 11.1 Å². The Kier molecular flexibility index (Phi) is 5.12. The Morgan fingerprint density at radius 1 is 0.962 bits per heavy atom. The Balaban J connectivity index is 1.70. The van der Waals surface area contributed by atoms with Gasteiger partial charge >= 0.3 is 11.9 Å². The molecule has 2 aromatic carbocycles. The maximum atomic E-state index is 11.3. The zero-order valence-electron chi connectivity index (χ0n) is 14.0. The van der Waals surface area contributed by atoms with Gasteiger partial charge in [0, 0.05) is 24.5 Å². The molecular formula is C20H18N2O4. The molecule has 3 aromatic rings. The molecule has 6 heteroatoms. The maximum absolute atomic E-state index is 11.3. The van der Waals surface area contributed by atoms with Crippen molar-refractivity contribution in [3.05, 3.63) is 77.6 Å². The van der Waals surface area contributed by atoms with Crippen LogP contribution in [-0.4, -0.2) is 31.7 Å². The van der Waals surface area contributed by atoms with Gasteiger partial charge in [-0.2, -0.15) is 0 Å². The molecule has 132 valence electrons. The number of carbonyl (C=O) groups is 2. The van der Waals surface area contributed by atoms with Gasteiger partial charge in [0.15, 0.2) is 0 Å². The second kappa shape index (κ2) is 7.65. The number of carboxylic acid groups (broad SMARTS) is 2. The van der Waals surface area contributed by atoms with Crippen LogP contribution in [0.15, 0.2) is 60.9 Å². The van der Waals surface area contributed by atoms with Crippen LogP contribution in [0.2, 0.25) is 0 Å². The molecule has 0 aliphatic carbocycles. The lowest BCUT2D eigenvalue weighted by Crippen LogP contribution is -2.09. The Bertz CT molecular complexity index is 932. The maximum Gasteiger partial charge on any atom is 0.336 e. The molecular weight excluding hydrogens is 332 g/mol. The van der Waals surface area contributed by atoms with E-state index in [4.69, 9.17) is 5.11 Å². The van der Waals surface area contributed by atoms with E-state index in [0.29, 0.717) is 6.42 Å². The average molecular weight is 350 g/mol. The largest absolute Gasteiger partial charge is 0.478 e. The monoisotopic (exact) mass is 350 g/mol. The molecule has 2 N–H and O–H groups in total. The molecule has 0 atom stereocenters. The molecule has 0 aliphatic heterocycles. The summed E-state index contributed by atoms with van der Waals surface area (Å²) in [7, 11) is 0. The molecule has 26 heavy (non-hydrogen) atoms. The van der Waals surface area contributed by atoms with E-state index in [1.807, 2.05) is 36.5 Å². The van der Waals surface area contributed by atoms with Crippen molar-refractivity contribution in [1.29, 1.82) is 0 Å². The lowest BCUT2D eigenvalue weighted by molar-refractivity contribution is 0.0651. The summed E-state index contributed by atoms with van der Waals surface area (Å²) in [5, 5.41) is 18.3. The molecule has 0 amide bonds. The molecule has 0 unspecified atom stereocenters. The van der Waals surface area contributed by atoms with Gasteiger partial charge in [-0.15, -0.1) is 0 Å². The number of hydrogen-bond acceptors (Lipinski definition) is 3. The molecule has 0 spiro atoms. The summed E-state index contributed by atoms with van der Waals surface area (Å²) in [4.78, 5) is 26.8. The zero-order chi connectivity index (χ0) is 18.5. The van der Waals surface area contributed by atoms with E-state index < -0.39 is 11.9 Å². The highest BCUT2D eigenvalue weighted by molar-refractivity contribution is 6.01. The quantitative estimate of drug-likeness (QED) is 0.679. The van der Waals surface area contributed by atoms with Gasteiger partial charge < -0.3 is 14.8 Å². The number of aromatic nitrogens is 2. The summed E-state index contributed by atoms with van der Waals surface area (Å²) in [6, 6.07) is 14.4. The van der Waals surface area contributed by atoms with Gasteiger partial charge in [-0.05, 0) is 30.5 Å². The zero-order valence-corrected chi connectivity index (χ0v) is 14.0. The van der Waals surface area contributed by atoms with Crippen LogP contribution >= 0.6 is 0 Å². The molecule has 0 aliphatic rings. The Morgan fingerprint density at radius 3 is 2.38 bits per heavy atom. The first-order valence-corrected chi connectivity index (χ1v) is 8.22. The van der Waals surface area contributed by atoms with E-state index in [1.165, 1.54) is 12.1 Å². The predicted octanol–water partition coefficient (Wildman–Crippen LogP) is 3.58. The van der Waals surface area contributed by atoms with Crippen molar-refractivity contribution >= 4 is 11.9 Å². The van der Waals surface area contributed by atoms with Crippen LogP contribution in [-0.2, 0) is 13.0 Å². The first kappa shape index (κ1) is 17.4. The van der Waals surface area contributed by atoms with Crippen molar-refractivity contribution in [3.8, 4) is 11.4 Å². The molecule has 0 saturated carbocycles. The molecule has 1 heterocycles. The van der Waals surface area contributed by atoms with Crippen LogP contribution in [0.25, 0.3) is 11.4 Å². The average Bonchev–Trinajstić information content (AvgIpc) is 3.10. The minimum Gasteiger partial charge on any atom is -0.478 e. The molecule has 0 fully saturated rings. The van der Waals surface area contributed by atoms with E-state index in [9.17, 15) is 14.7 Å². The number of nitrogens with zero attached hydrogens (tertiary/aromatic N) is 2. The normalized spacial score (nSPS) is 10.6. The molecule has 6 nitrogen and oxygen atoms in total. The van der Waals surface area contributed by atoms with Gasteiger partial charge in [-0.3, -0.25) is 0 Å². The minimum atomic E-state index is -1.24. The number of aromatic carboxylic acids is 2. The van der Waals surface area contributed by atoms with E-state index in [2.05, 4.69) is 9.55 Å². The third-order valence-corrected chi connectivity index (χ3v) is 4.16. The first-order valence-electron chi connectivity index (χ1n) is 8.22. The SMILES string of the molecule is O=C(O)c1ccc(CCCn2ccnc2-c2ccccc2)cc1C(=O)O. The summed E-state index contributed by atoms with van der Waals surface area (Å²) in [6.45, 7) is 0.729. The fourth-order valence-corrected chi connectivity index (χ4v) is 2.90. The predicted molar refractivity (Wildman–Crippen MR) is 96.3 cm³/mol. The van der Waals surface area contributed by atoms with Gasteiger partial charge in [0.2, 0.25) is 0 Å². The topological polar surface area (TPSA) is 92.4 Å². The van der Waals surface area contributed by atoms with Crippen molar-refractivity contribution in [3.63, 3.8) is 0 Å². The summed E-state index contributed by atoms with van der Waals surface area (Å²) >= 11 is 0. The third kappa shape index (κ3) is 3.80. The molecule has 0 bridgehead atoms. The van der Waals surface area contributed by atoms with Crippen LogP contribution < -0.4 is 0 Å². The van der Waals surface area contributed by atoms with Gasteiger partial charge in [0.1, 0.15) is 5.82 Å². The van der Waals surface area contributed by atoms with Crippen LogP contribution in [0.5, 0.6) is 0 Å². The highest BCUT2D eigenvalue weighted by Gasteiger charge is 2.16. The van der Waals surface area contributed by atoms with Crippen molar-refractivity contribution in [2.24, 2.45) is 0 Å². The highest BCUT2D eigenvalue weighted by atomic mass is 16.4. The molecule has 3 rings (SSSR count). The van der Waals surface area contributed by atoms with Gasteiger partial charge in [0.25, 0.3) is 0 Å². The van der Waals surface area contributed by atoms with Crippen molar-refractivity contribution < 1.29 is 19.8 Å². The third-order valence-electron chi connectivity index (χ3n) is 4.16. The lowest BCUT2D eigenvalue weighted by atomic mass is 10.0. The number of hydrogen-bond donors (Lipinski definition) is 2. The number of carboxylic acids is 2. The second-order valence-corrected chi connectivity index (χ2v) is 5.90. The molecule has 0 saturated heterocycles. The number of imidazole rings is 1. The standard InChI is InChI=1S/C20H18N2O4/c23-19(24)16-9-8-14(13-17(16)20(25)26)5-4-11-22-12-10-21-18(22)15-6-2-1-3-7-15/h1-3,6-10,12-13H,4-5,11H2,(H,23,24)(H,25,26). The smallest absolute Gasteiger partial charge is 0.336 e. The Morgan fingerprint density at radius 2 is 1.69 bits per heavy atom. The van der Waals surface area contributed by atoms with Crippen LogP contribution in [0.4, 0.5) is 0 Å². The second-order valence-electron chi connectivity index (χ2n) is 5.90. The fourth-order valence-electron chi connectivity index (χ4n) is 2.90. The van der Waals surface area contributed by atoms with Crippen molar-refractivity contribution in [1.82, 2.24) is 9.55 Å². The highest BCUT2D eigenvalue weighted by Crippen LogP contribution is 2.18. The Labute approximate surface area is 150 Å². The van der Waals surface area contributed by atoms with Crippen LogP contribution in [0.1, 0.15) is 32.7 Å². The van der Waals surface area contributed by atoms with Gasteiger partial charge in [0.05, 0.1) is 11.1 Å². The van der Waals surface area contributed by atoms with Crippen LogP contribution in [0, 0.1) is 0 Å². The number of aryl methyl sites for hydroxylation is 2. The minimum absolute atomic E-state index is 0.178. The van der Waals surface area contributed by atoms with E-state index >= 15 is 0 Å². The number of rotatable bonds is 7. The van der Waals surface area contributed by atoms with Crippen molar-refractivity contribution in [2.75, 3.05) is 0 Å². The Hall–Kier alpha value is -3.41. The molecule has 1 aromatic heterocycles. The lowest BCUT2D eigenvalue weighted by Gasteiger charge is -2.09. The van der Waals surface area contributed by atoms with E-state index in [0.717, 1.165) is 29.9 Å². The van der Waals surface area contributed by atoms with Gasteiger partial charge in [-0.25, -0.2) is 14.6 Å².